The van der Waals surface area contributed by atoms with Crippen molar-refractivity contribution in [1.82, 2.24) is 15.2 Å². The highest BCUT2D eigenvalue weighted by molar-refractivity contribution is 7.09. The number of carbonyl (C=O) groups excluding carboxylic acids is 1. The fourth-order valence-electron chi connectivity index (χ4n) is 3.54. The van der Waals surface area contributed by atoms with E-state index in [1.165, 1.54) is 25.8 Å². The van der Waals surface area contributed by atoms with Crippen LogP contribution in [0.3, 0.4) is 0 Å². The second-order valence-corrected chi connectivity index (χ2v) is 8.78. The Morgan fingerprint density at radius 3 is 2.72 bits per heavy atom. The zero-order chi connectivity index (χ0) is 18.4. The number of thiazole rings is 1. The Bertz CT molecular complexity index is 582. The van der Waals surface area contributed by atoms with Gasteiger partial charge in [-0.05, 0) is 25.2 Å². The molecule has 0 unspecified atom stereocenters. The molecule has 2 fully saturated rings. The van der Waals surface area contributed by atoms with E-state index in [1.54, 1.807) is 11.3 Å². The molecule has 1 aliphatic carbocycles. The van der Waals surface area contributed by atoms with E-state index in [0.717, 1.165) is 29.2 Å². The number of nitrogens with one attached hydrogen (secondary N) is 1. The summed E-state index contributed by atoms with van der Waals surface area (Å²) in [5.74, 6) is 1.05. The molecule has 140 valence electrons. The Hall–Kier alpha value is -1.47. The van der Waals surface area contributed by atoms with E-state index in [4.69, 9.17) is 9.90 Å². The van der Waals surface area contributed by atoms with E-state index < -0.39 is 0 Å². The van der Waals surface area contributed by atoms with E-state index in [0.29, 0.717) is 13.0 Å². The smallest absolute Gasteiger partial charge is 0.290 e. The summed E-state index contributed by atoms with van der Waals surface area (Å²) in [5.41, 5.74) is 1.18. The minimum Gasteiger partial charge on any atom is -0.483 e. The van der Waals surface area contributed by atoms with Crippen LogP contribution in [0.5, 0.6) is 0 Å². The van der Waals surface area contributed by atoms with Gasteiger partial charge in [0.2, 0.25) is 5.91 Å². The molecule has 2 N–H and O–H groups in total. The van der Waals surface area contributed by atoms with Crippen molar-refractivity contribution in [1.29, 1.82) is 0 Å². The number of carboxylic acid groups (broad SMARTS) is 1. The Morgan fingerprint density at radius 2 is 2.20 bits per heavy atom. The van der Waals surface area contributed by atoms with Gasteiger partial charge in [-0.15, -0.1) is 11.3 Å². The second kappa shape index (κ2) is 8.76. The molecule has 6 nitrogen and oxygen atoms in total. The zero-order valence-corrected chi connectivity index (χ0v) is 16.1. The van der Waals surface area contributed by atoms with Crippen LogP contribution >= 0.6 is 11.3 Å². The van der Waals surface area contributed by atoms with Crippen LogP contribution in [0.2, 0.25) is 0 Å². The summed E-state index contributed by atoms with van der Waals surface area (Å²) in [7, 11) is 0. The van der Waals surface area contributed by atoms with Crippen molar-refractivity contribution >= 4 is 23.7 Å². The quantitative estimate of drug-likeness (QED) is 0.782. The molecule has 1 saturated heterocycles. The average Bonchev–Trinajstić information content (AvgIpc) is 3.26. The van der Waals surface area contributed by atoms with Gasteiger partial charge in [-0.3, -0.25) is 14.5 Å². The van der Waals surface area contributed by atoms with Gasteiger partial charge in [-0.2, -0.15) is 0 Å². The highest BCUT2D eigenvalue weighted by Crippen LogP contribution is 2.37. The lowest BCUT2D eigenvalue weighted by atomic mass is 9.93. The molecule has 2 heterocycles. The lowest BCUT2D eigenvalue weighted by Gasteiger charge is -2.26. The van der Waals surface area contributed by atoms with E-state index >= 15 is 0 Å². The second-order valence-electron chi connectivity index (χ2n) is 7.84. The summed E-state index contributed by atoms with van der Waals surface area (Å²) in [6.45, 7) is 8.92. The van der Waals surface area contributed by atoms with E-state index in [2.05, 4.69) is 41.4 Å². The monoisotopic (exact) mass is 367 g/mol. The first-order chi connectivity index (χ1) is 11.8. The fraction of sp³-hybridized carbons (Fsp3) is 0.722. The van der Waals surface area contributed by atoms with Crippen molar-refractivity contribution in [2.24, 2.45) is 5.92 Å². The average molecular weight is 368 g/mol. The van der Waals surface area contributed by atoms with Gasteiger partial charge in [0.25, 0.3) is 6.47 Å². The van der Waals surface area contributed by atoms with Crippen molar-refractivity contribution in [3.63, 3.8) is 0 Å². The molecule has 1 aliphatic heterocycles. The Kier molecular flexibility index (Phi) is 6.95. The molecule has 1 aromatic heterocycles. The minimum absolute atomic E-state index is 0.0772. The van der Waals surface area contributed by atoms with Gasteiger partial charge in [0, 0.05) is 36.3 Å². The molecule has 0 radical (unpaired) electrons. The molecule has 0 aromatic carbocycles. The number of hydrogen-bond acceptors (Lipinski definition) is 5. The lowest BCUT2D eigenvalue weighted by molar-refractivity contribution is -0.123. The number of fused-ring (bicyclic) bond motifs is 2. The summed E-state index contributed by atoms with van der Waals surface area (Å²) >= 11 is 1.64. The Labute approximate surface area is 153 Å². The van der Waals surface area contributed by atoms with Crippen molar-refractivity contribution in [2.75, 3.05) is 13.1 Å². The largest absolute Gasteiger partial charge is 0.483 e. The molecule has 7 heteroatoms. The number of nitrogens with zero attached hydrogens (tertiary/aromatic N) is 2. The molecular weight excluding hydrogens is 338 g/mol. The van der Waals surface area contributed by atoms with Crippen LogP contribution in [-0.4, -0.2) is 46.5 Å². The van der Waals surface area contributed by atoms with E-state index in [1.807, 2.05) is 0 Å². The molecule has 2 aliphatic rings. The molecule has 3 rings (SSSR count). The molecular formula is C18H29N3O3S. The zero-order valence-electron chi connectivity index (χ0n) is 15.3. The summed E-state index contributed by atoms with van der Waals surface area (Å²) < 4.78 is 0. The van der Waals surface area contributed by atoms with Gasteiger partial charge < -0.3 is 10.4 Å². The van der Waals surface area contributed by atoms with Gasteiger partial charge in [-0.25, -0.2) is 4.98 Å². The van der Waals surface area contributed by atoms with Gasteiger partial charge in [0.15, 0.2) is 0 Å². The summed E-state index contributed by atoms with van der Waals surface area (Å²) in [6, 6.07) is 0.756. The molecule has 1 saturated carbocycles. The lowest BCUT2D eigenvalue weighted by Crippen LogP contribution is -2.35. The van der Waals surface area contributed by atoms with Crippen LogP contribution in [0.1, 0.15) is 57.2 Å². The number of hydrogen-bond donors (Lipinski definition) is 2. The van der Waals surface area contributed by atoms with Crippen molar-refractivity contribution in [3.8, 4) is 0 Å². The predicted molar refractivity (Wildman–Crippen MR) is 98.7 cm³/mol. The fourth-order valence-corrected chi connectivity index (χ4v) is 4.51. The van der Waals surface area contributed by atoms with Crippen molar-refractivity contribution in [3.05, 3.63) is 16.1 Å². The molecule has 2 bridgehead atoms. The first-order valence-electron chi connectivity index (χ1n) is 8.87. The number of likely N-dealkylation sites (tertiary alicyclic amines) is 1. The van der Waals surface area contributed by atoms with Crippen LogP contribution in [0.15, 0.2) is 5.38 Å². The van der Waals surface area contributed by atoms with Crippen LogP contribution in [0.25, 0.3) is 0 Å². The first-order valence-corrected chi connectivity index (χ1v) is 9.75. The maximum absolute atomic E-state index is 12.0. The molecule has 1 aromatic rings. The summed E-state index contributed by atoms with van der Waals surface area (Å²) in [6.07, 6.45) is 4.70. The van der Waals surface area contributed by atoms with Crippen LogP contribution in [0, 0.1) is 5.92 Å². The molecule has 1 amide bonds. The third-order valence-corrected chi connectivity index (χ3v) is 5.75. The highest BCUT2D eigenvalue weighted by atomic mass is 32.1. The van der Waals surface area contributed by atoms with Crippen molar-refractivity contribution < 1.29 is 14.7 Å². The number of aromatic nitrogens is 1. The first kappa shape index (κ1) is 19.8. The van der Waals surface area contributed by atoms with Crippen LogP contribution < -0.4 is 5.32 Å². The standard InChI is InChI=1S/C17H27N3OS.CH2O2/c1-17(2,3)14-11-22-16(19-14)9-18-15(21)6-7-20-10-12-4-5-13(20)8-12;2-1-3/h11-13H,4-10H2,1-3H3,(H,18,21);1H,(H,2,3)/t12-,13+;/m1./s1. The normalized spacial score (nSPS) is 22.4. The molecule has 2 atom stereocenters. The summed E-state index contributed by atoms with van der Waals surface area (Å²) in [4.78, 5) is 27.5. The predicted octanol–water partition coefficient (Wildman–Crippen LogP) is 2.63. The number of amides is 1. The highest BCUT2D eigenvalue weighted by Gasteiger charge is 2.37. The summed E-state index contributed by atoms with van der Waals surface area (Å²) in [5, 5.41) is 13.0. The maximum Gasteiger partial charge on any atom is 0.290 e. The van der Waals surface area contributed by atoms with Crippen LogP contribution in [-0.2, 0) is 21.5 Å². The van der Waals surface area contributed by atoms with Gasteiger partial charge in [0.1, 0.15) is 5.01 Å². The third-order valence-electron chi connectivity index (χ3n) is 4.91. The molecule has 0 spiro atoms. The maximum atomic E-state index is 12.0. The Morgan fingerprint density at radius 1 is 1.48 bits per heavy atom. The van der Waals surface area contributed by atoms with Gasteiger partial charge >= 0.3 is 0 Å². The number of rotatable bonds is 5. The topological polar surface area (TPSA) is 82.5 Å². The Balaban J connectivity index is 0.000000701. The van der Waals surface area contributed by atoms with E-state index in [-0.39, 0.29) is 17.8 Å². The van der Waals surface area contributed by atoms with E-state index in [9.17, 15) is 4.79 Å². The SMILES string of the molecule is CC(C)(C)c1csc(CNC(=O)CCN2C[C@@H]3CC[C@H]2C3)n1.O=CO. The van der Waals surface area contributed by atoms with Gasteiger partial charge in [-0.1, -0.05) is 20.8 Å². The van der Waals surface area contributed by atoms with Crippen molar-refractivity contribution in [2.45, 2.75) is 64.5 Å². The number of piperidine rings is 1. The third kappa shape index (κ3) is 5.78. The van der Waals surface area contributed by atoms with Gasteiger partial charge in [0.05, 0.1) is 12.2 Å². The minimum atomic E-state index is -0.250. The molecule has 25 heavy (non-hydrogen) atoms. The van der Waals surface area contributed by atoms with Crippen LogP contribution in [0.4, 0.5) is 0 Å². The number of carbonyl (C=O) groups is 2.